The first kappa shape index (κ1) is 20.0. The molecule has 0 bridgehead atoms. The predicted molar refractivity (Wildman–Crippen MR) is 98.4 cm³/mol. The molecule has 2 amide bonds. The Labute approximate surface area is 155 Å². The van der Waals surface area contributed by atoms with E-state index in [9.17, 15) is 14.0 Å². The highest BCUT2D eigenvalue weighted by Crippen LogP contribution is 2.27. The Bertz CT molecular complexity index is 715. The van der Waals surface area contributed by atoms with E-state index in [0.717, 1.165) is 6.34 Å². The van der Waals surface area contributed by atoms with E-state index in [1.54, 1.807) is 6.07 Å². The maximum atomic E-state index is 14.5. The van der Waals surface area contributed by atoms with E-state index < -0.39 is 18.0 Å². The minimum Gasteiger partial charge on any atom is -0.442 e. The van der Waals surface area contributed by atoms with Gasteiger partial charge in [0.05, 0.1) is 30.8 Å². The molecular formula is C16H22FN7O3. The van der Waals surface area contributed by atoms with Gasteiger partial charge < -0.3 is 25.7 Å². The van der Waals surface area contributed by atoms with Gasteiger partial charge in [0.25, 0.3) is 0 Å². The quantitative estimate of drug-likeness (QED) is 0.111. The minimum atomic E-state index is -0.607. The van der Waals surface area contributed by atoms with Crippen molar-refractivity contribution in [1.29, 1.82) is 5.41 Å². The number of hydrogen-bond acceptors (Lipinski definition) is 7. The zero-order valence-corrected chi connectivity index (χ0v) is 14.5. The van der Waals surface area contributed by atoms with Crippen LogP contribution in [0.5, 0.6) is 0 Å². The van der Waals surface area contributed by atoms with Crippen LogP contribution in [0.4, 0.5) is 20.6 Å². The number of rotatable bonds is 10. The lowest BCUT2D eigenvalue weighted by molar-refractivity contribution is -0.109. The Hall–Kier alpha value is -3.34. The number of nitrogens with two attached hydrogens (primary N) is 2. The van der Waals surface area contributed by atoms with E-state index in [0.29, 0.717) is 12.1 Å². The topological polar surface area (TPSA) is 141 Å². The number of benzene rings is 1. The fraction of sp³-hybridized carbons (Fsp3) is 0.312. The van der Waals surface area contributed by atoms with Crippen LogP contribution in [0.2, 0.25) is 0 Å². The van der Waals surface area contributed by atoms with Crippen LogP contribution in [0.15, 0.2) is 30.6 Å². The smallest absolute Gasteiger partial charge is 0.414 e. The van der Waals surface area contributed by atoms with Crippen molar-refractivity contribution >= 4 is 30.2 Å². The zero-order chi connectivity index (χ0) is 19.8. The lowest BCUT2D eigenvalue weighted by Crippen LogP contribution is -2.36. The van der Waals surface area contributed by atoms with Gasteiger partial charge in [-0.05, 0) is 18.2 Å². The minimum absolute atomic E-state index is 0.159. The van der Waals surface area contributed by atoms with Gasteiger partial charge in [0.15, 0.2) is 0 Å². The summed E-state index contributed by atoms with van der Waals surface area (Å²) in [6, 6.07) is 4.22. The SMILES string of the molecule is N=CN(CCNC=O)c1ccc(N2CC(CN(N)/C=C\N)OC2=O)cc1F. The second kappa shape index (κ2) is 9.38. The molecule has 1 aliphatic heterocycles. The van der Waals surface area contributed by atoms with E-state index in [-0.39, 0.29) is 31.9 Å². The van der Waals surface area contributed by atoms with Crippen molar-refractivity contribution < 1.29 is 18.7 Å². The molecule has 1 fully saturated rings. The number of anilines is 2. The summed E-state index contributed by atoms with van der Waals surface area (Å²) >= 11 is 0. The molecular weight excluding hydrogens is 357 g/mol. The van der Waals surface area contributed by atoms with Crippen molar-refractivity contribution in [3.8, 4) is 0 Å². The molecule has 2 rings (SSSR count). The molecule has 0 saturated carbocycles. The number of ether oxygens (including phenoxy) is 1. The summed E-state index contributed by atoms with van der Waals surface area (Å²) in [6.45, 7) is 0.934. The van der Waals surface area contributed by atoms with Gasteiger partial charge in [0.2, 0.25) is 6.41 Å². The summed E-state index contributed by atoms with van der Waals surface area (Å²) in [7, 11) is 0. The van der Waals surface area contributed by atoms with Crippen molar-refractivity contribution in [2.24, 2.45) is 11.6 Å². The summed E-state index contributed by atoms with van der Waals surface area (Å²) < 4.78 is 19.7. The maximum Gasteiger partial charge on any atom is 0.414 e. The fourth-order valence-electron chi connectivity index (χ4n) is 2.63. The van der Waals surface area contributed by atoms with Gasteiger partial charge in [0, 0.05) is 25.5 Å². The molecule has 0 radical (unpaired) electrons. The van der Waals surface area contributed by atoms with Gasteiger partial charge in [-0.1, -0.05) is 0 Å². The molecule has 0 aliphatic carbocycles. The molecule has 1 aromatic carbocycles. The van der Waals surface area contributed by atoms with Gasteiger partial charge in [-0.25, -0.2) is 15.0 Å². The number of amides is 2. The summed E-state index contributed by atoms with van der Waals surface area (Å²) in [6.07, 6.45) is 3.11. The summed E-state index contributed by atoms with van der Waals surface area (Å²) in [4.78, 5) is 25.0. The lowest BCUT2D eigenvalue weighted by atomic mass is 10.2. The molecule has 11 heteroatoms. The predicted octanol–water partition coefficient (Wildman–Crippen LogP) is -0.0840. The second-order valence-electron chi connectivity index (χ2n) is 5.68. The Morgan fingerprint density at radius 3 is 2.89 bits per heavy atom. The first-order valence-electron chi connectivity index (χ1n) is 8.11. The normalized spacial score (nSPS) is 16.3. The first-order chi connectivity index (χ1) is 13.0. The number of carbonyl (C=O) groups excluding carboxylic acids is 2. The molecule has 1 heterocycles. The standard InChI is InChI=1S/C16H22FN7O3/c17-14-7-12(1-2-15(14)22(10-19)6-4-21-11-25)24-9-13(27-16(24)26)8-23(20)5-3-18/h1-3,5,7,10-11,13,19H,4,6,8-9,18,20H2,(H,21,25)/b5-3-,19-10?. The summed E-state index contributed by atoms with van der Waals surface area (Å²) in [5.74, 6) is 5.07. The highest BCUT2D eigenvalue weighted by molar-refractivity contribution is 5.90. The fourth-order valence-corrected chi connectivity index (χ4v) is 2.63. The molecule has 1 aromatic rings. The van der Waals surface area contributed by atoms with Crippen molar-refractivity contribution in [3.63, 3.8) is 0 Å². The van der Waals surface area contributed by atoms with Gasteiger partial charge in [-0.15, -0.1) is 0 Å². The zero-order valence-electron chi connectivity index (χ0n) is 14.5. The second-order valence-corrected chi connectivity index (χ2v) is 5.68. The van der Waals surface area contributed by atoms with Crippen molar-refractivity contribution in [1.82, 2.24) is 10.3 Å². The van der Waals surface area contributed by atoms with Crippen LogP contribution in [0.25, 0.3) is 0 Å². The Morgan fingerprint density at radius 2 is 2.26 bits per heavy atom. The highest BCUT2D eigenvalue weighted by Gasteiger charge is 2.33. The van der Waals surface area contributed by atoms with E-state index in [1.165, 1.54) is 39.3 Å². The molecule has 1 aliphatic rings. The van der Waals surface area contributed by atoms with Gasteiger partial charge in [-0.2, -0.15) is 0 Å². The van der Waals surface area contributed by atoms with Crippen molar-refractivity contribution in [2.45, 2.75) is 6.10 Å². The third-order valence-corrected chi connectivity index (χ3v) is 3.85. The Balaban J connectivity index is 2.09. The van der Waals surface area contributed by atoms with Gasteiger partial charge >= 0.3 is 6.09 Å². The van der Waals surface area contributed by atoms with Crippen LogP contribution in [-0.4, -0.2) is 56.1 Å². The van der Waals surface area contributed by atoms with Crippen LogP contribution in [0, 0.1) is 11.2 Å². The molecule has 1 unspecified atom stereocenters. The van der Waals surface area contributed by atoms with Crippen LogP contribution in [0.3, 0.4) is 0 Å². The first-order valence-corrected chi connectivity index (χ1v) is 8.11. The Kier molecular flexibility index (Phi) is 6.94. The number of hydrogen-bond donors (Lipinski definition) is 4. The van der Waals surface area contributed by atoms with Crippen molar-refractivity contribution in [3.05, 3.63) is 36.4 Å². The average Bonchev–Trinajstić information content (AvgIpc) is 2.99. The van der Waals surface area contributed by atoms with Crippen LogP contribution in [-0.2, 0) is 9.53 Å². The molecule has 1 atom stereocenters. The summed E-state index contributed by atoms with van der Waals surface area (Å²) in [5.41, 5.74) is 5.74. The third kappa shape index (κ3) is 5.07. The number of nitrogens with zero attached hydrogens (tertiary/aromatic N) is 3. The van der Waals surface area contributed by atoms with E-state index >= 15 is 0 Å². The molecule has 6 N–H and O–H groups in total. The Morgan fingerprint density at radius 1 is 1.48 bits per heavy atom. The largest absolute Gasteiger partial charge is 0.442 e. The number of cyclic esters (lactones) is 1. The maximum absolute atomic E-state index is 14.5. The van der Waals surface area contributed by atoms with E-state index in [1.807, 2.05) is 0 Å². The molecule has 0 spiro atoms. The molecule has 1 saturated heterocycles. The van der Waals surface area contributed by atoms with Gasteiger partial charge in [0.1, 0.15) is 11.9 Å². The molecule has 0 aromatic heterocycles. The van der Waals surface area contributed by atoms with Crippen molar-refractivity contribution in [2.75, 3.05) is 36.0 Å². The monoisotopic (exact) mass is 379 g/mol. The van der Waals surface area contributed by atoms with Crippen LogP contribution < -0.4 is 26.7 Å². The number of nitrogens with one attached hydrogen (secondary N) is 2. The number of halogens is 1. The van der Waals surface area contributed by atoms with Crippen LogP contribution in [0.1, 0.15) is 0 Å². The number of hydrazine groups is 1. The van der Waals surface area contributed by atoms with E-state index in [4.69, 9.17) is 21.7 Å². The van der Waals surface area contributed by atoms with Crippen LogP contribution >= 0.6 is 0 Å². The highest BCUT2D eigenvalue weighted by atomic mass is 19.1. The number of carbonyl (C=O) groups is 2. The lowest BCUT2D eigenvalue weighted by Gasteiger charge is -2.21. The van der Waals surface area contributed by atoms with Gasteiger partial charge in [-0.3, -0.25) is 15.1 Å². The molecule has 146 valence electrons. The van der Waals surface area contributed by atoms with E-state index in [2.05, 4.69) is 5.32 Å². The third-order valence-electron chi connectivity index (χ3n) is 3.85. The summed E-state index contributed by atoms with van der Waals surface area (Å²) in [5, 5.41) is 11.2. The average molecular weight is 379 g/mol. The molecule has 27 heavy (non-hydrogen) atoms. The molecule has 10 nitrogen and oxygen atoms in total.